The highest BCUT2D eigenvalue weighted by Gasteiger charge is 2.26. The molecule has 0 N–H and O–H groups in total. The Labute approximate surface area is 165 Å². The van der Waals surface area contributed by atoms with Gasteiger partial charge in [-0.25, -0.2) is 4.39 Å². The molecule has 0 radical (unpaired) electrons. The topological polar surface area (TPSA) is 32.8 Å². The summed E-state index contributed by atoms with van der Waals surface area (Å²) < 4.78 is 19.6. The molecule has 1 atom stereocenters. The standard InChI is InChI=1S/C23H27FN2O2/c1-17-5-3-12-25(17)13-4-14-28-21-9-10-22-18(15-21)8-11-23(27)26(22)20-7-2-6-19(24)16-20/h2,6-7,9-10,15-17H,3-5,8,11-14H2,1H3/t17-/m1/s1. The lowest BCUT2D eigenvalue weighted by molar-refractivity contribution is -0.118. The number of halogens is 1. The summed E-state index contributed by atoms with van der Waals surface area (Å²) in [5.74, 6) is 0.484. The van der Waals surface area contributed by atoms with Gasteiger partial charge in [-0.15, -0.1) is 0 Å². The summed E-state index contributed by atoms with van der Waals surface area (Å²) in [7, 11) is 0. The van der Waals surface area contributed by atoms with Gasteiger partial charge in [-0.3, -0.25) is 9.69 Å². The van der Waals surface area contributed by atoms with E-state index in [0.717, 1.165) is 30.0 Å². The Morgan fingerprint density at radius 3 is 2.86 bits per heavy atom. The highest BCUT2D eigenvalue weighted by molar-refractivity contribution is 6.03. The van der Waals surface area contributed by atoms with Crippen molar-refractivity contribution in [1.82, 2.24) is 4.90 Å². The Morgan fingerprint density at radius 2 is 2.07 bits per heavy atom. The quantitative estimate of drug-likeness (QED) is 0.680. The highest BCUT2D eigenvalue weighted by Crippen LogP contribution is 2.36. The maximum atomic E-state index is 13.6. The van der Waals surface area contributed by atoms with Crippen LogP contribution in [0.25, 0.3) is 0 Å². The first-order valence-electron chi connectivity index (χ1n) is 10.2. The van der Waals surface area contributed by atoms with Crippen LogP contribution in [0.5, 0.6) is 5.75 Å². The zero-order chi connectivity index (χ0) is 19.5. The molecule has 2 aromatic rings. The minimum atomic E-state index is -0.343. The van der Waals surface area contributed by atoms with Crippen LogP contribution in [0.4, 0.5) is 15.8 Å². The lowest BCUT2D eigenvalue weighted by atomic mass is 10.00. The molecule has 2 aliphatic heterocycles. The zero-order valence-corrected chi connectivity index (χ0v) is 16.4. The Morgan fingerprint density at radius 1 is 1.18 bits per heavy atom. The molecule has 2 aromatic carbocycles. The SMILES string of the molecule is C[C@@H]1CCCN1CCCOc1ccc2c(c1)CCC(=O)N2c1cccc(F)c1. The number of aryl methyl sites for hydroxylation is 1. The number of benzene rings is 2. The number of likely N-dealkylation sites (tertiary alicyclic amines) is 1. The van der Waals surface area contributed by atoms with Crippen LogP contribution in [-0.4, -0.2) is 36.5 Å². The fourth-order valence-electron chi connectivity index (χ4n) is 4.24. The first-order chi connectivity index (χ1) is 13.6. The molecule has 1 saturated heterocycles. The summed E-state index contributed by atoms with van der Waals surface area (Å²) in [5, 5.41) is 0. The van der Waals surface area contributed by atoms with E-state index in [1.165, 1.54) is 31.5 Å². The number of carbonyl (C=O) groups excluding carboxylic acids is 1. The van der Waals surface area contributed by atoms with Gasteiger partial charge in [-0.2, -0.15) is 0 Å². The van der Waals surface area contributed by atoms with Crippen LogP contribution in [0.15, 0.2) is 42.5 Å². The van der Waals surface area contributed by atoms with Crippen LogP contribution in [0.2, 0.25) is 0 Å². The van der Waals surface area contributed by atoms with E-state index in [1.54, 1.807) is 17.0 Å². The van der Waals surface area contributed by atoms with E-state index in [2.05, 4.69) is 11.8 Å². The van der Waals surface area contributed by atoms with Crippen LogP contribution in [0.3, 0.4) is 0 Å². The van der Waals surface area contributed by atoms with Crippen LogP contribution < -0.4 is 9.64 Å². The minimum absolute atomic E-state index is 0.00787. The number of anilines is 2. The van der Waals surface area contributed by atoms with Crippen molar-refractivity contribution in [2.24, 2.45) is 0 Å². The number of nitrogens with zero attached hydrogens (tertiary/aromatic N) is 2. The van der Waals surface area contributed by atoms with E-state index in [9.17, 15) is 9.18 Å². The molecule has 4 rings (SSSR count). The lowest BCUT2D eigenvalue weighted by Crippen LogP contribution is -2.30. The average molecular weight is 382 g/mol. The fourth-order valence-corrected chi connectivity index (χ4v) is 4.24. The number of hydrogen-bond acceptors (Lipinski definition) is 3. The van der Waals surface area contributed by atoms with Crippen LogP contribution >= 0.6 is 0 Å². The lowest BCUT2D eigenvalue weighted by Gasteiger charge is -2.30. The summed E-state index contributed by atoms with van der Waals surface area (Å²) in [6, 6.07) is 12.7. The van der Waals surface area contributed by atoms with E-state index in [-0.39, 0.29) is 11.7 Å². The molecule has 4 nitrogen and oxygen atoms in total. The second kappa shape index (κ2) is 8.31. The van der Waals surface area contributed by atoms with Gasteiger partial charge >= 0.3 is 0 Å². The molecule has 0 spiro atoms. The summed E-state index contributed by atoms with van der Waals surface area (Å²) in [6.45, 7) is 5.26. The maximum absolute atomic E-state index is 13.6. The second-order valence-electron chi connectivity index (χ2n) is 7.73. The van der Waals surface area contributed by atoms with Gasteiger partial charge in [-0.05, 0) is 81.1 Å². The third-order valence-corrected chi connectivity index (χ3v) is 5.76. The van der Waals surface area contributed by atoms with Gasteiger partial charge in [0.2, 0.25) is 5.91 Å². The van der Waals surface area contributed by atoms with Crippen molar-refractivity contribution in [3.8, 4) is 5.75 Å². The monoisotopic (exact) mass is 382 g/mol. The van der Waals surface area contributed by atoms with Gasteiger partial charge in [0, 0.05) is 19.0 Å². The molecule has 0 aromatic heterocycles. The zero-order valence-electron chi connectivity index (χ0n) is 16.4. The normalized spacial score (nSPS) is 19.7. The Kier molecular flexibility index (Phi) is 5.62. The van der Waals surface area contributed by atoms with Crippen molar-refractivity contribution in [3.63, 3.8) is 0 Å². The van der Waals surface area contributed by atoms with Crippen molar-refractivity contribution < 1.29 is 13.9 Å². The van der Waals surface area contributed by atoms with E-state index in [0.29, 0.717) is 31.2 Å². The Bertz CT molecular complexity index is 854. The number of ether oxygens (including phenoxy) is 1. The van der Waals surface area contributed by atoms with Gasteiger partial charge < -0.3 is 9.64 Å². The molecule has 1 amide bonds. The third kappa shape index (κ3) is 4.04. The van der Waals surface area contributed by atoms with E-state index < -0.39 is 0 Å². The van der Waals surface area contributed by atoms with Crippen LogP contribution in [0.1, 0.15) is 38.2 Å². The first kappa shape index (κ1) is 18.9. The van der Waals surface area contributed by atoms with Gasteiger partial charge in [0.15, 0.2) is 0 Å². The fraction of sp³-hybridized carbons (Fsp3) is 0.435. The van der Waals surface area contributed by atoms with E-state index in [4.69, 9.17) is 4.74 Å². The number of rotatable bonds is 6. The summed E-state index contributed by atoms with van der Waals surface area (Å²) in [6.07, 6.45) is 4.71. The van der Waals surface area contributed by atoms with Crippen LogP contribution in [-0.2, 0) is 11.2 Å². The number of fused-ring (bicyclic) bond motifs is 1. The summed E-state index contributed by atoms with van der Waals surface area (Å²) in [4.78, 5) is 16.6. The van der Waals surface area contributed by atoms with Gasteiger partial charge in [0.25, 0.3) is 0 Å². The average Bonchev–Trinajstić information content (AvgIpc) is 3.10. The Hall–Kier alpha value is -2.40. The predicted molar refractivity (Wildman–Crippen MR) is 109 cm³/mol. The van der Waals surface area contributed by atoms with Gasteiger partial charge in [0.05, 0.1) is 18.0 Å². The molecule has 0 aliphatic carbocycles. The van der Waals surface area contributed by atoms with Crippen LogP contribution in [0, 0.1) is 5.82 Å². The van der Waals surface area contributed by atoms with Gasteiger partial charge in [0.1, 0.15) is 11.6 Å². The molecule has 28 heavy (non-hydrogen) atoms. The molecule has 148 valence electrons. The Balaban J connectivity index is 1.42. The molecule has 0 bridgehead atoms. The van der Waals surface area contributed by atoms with Crippen molar-refractivity contribution in [3.05, 3.63) is 53.8 Å². The number of hydrogen-bond donors (Lipinski definition) is 0. The molecule has 5 heteroatoms. The summed E-state index contributed by atoms with van der Waals surface area (Å²) in [5.41, 5.74) is 2.45. The van der Waals surface area contributed by atoms with Crippen molar-refractivity contribution in [2.45, 2.75) is 45.1 Å². The third-order valence-electron chi connectivity index (χ3n) is 5.76. The molecular formula is C23H27FN2O2. The summed E-state index contributed by atoms with van der Waals surface area (Å²) >= 11 is 0. The first-order valence-corrected chi connectivity index (χ1v) is 10.2. The largest absolute Gasteiger partial charge is 0.494 e. The molecule has 0 saturated carbocycles. The highest BCUT2D eigenvalue weighted by atomic mass is 19.1. The van der Waals surface area contributed by atoms with Crippen molar-refractivity contribution in [1.29, 1.82) is 0 Å². The maximum Gasteiger partial charge on any atom is 0.231 e. The van der Waals surface area contributed by atoms with Crippen molar-refractivity contribution >= 4 is 17.3 Å². The minimum Gasteiger partial charge on any atom is -0.494 e. The second-order valence-corrected chi connectivity index (χ2v) is 7.73. The molecule has 2 heterocycles. The van der Waals surface area contributed by atoms with Crippen molar-refractivity contribution in [2.75, 3.05) is 24.6 Å². The molecule has 2 aliphatic rings. The van der Waals surface area contributed by atoms with E-state index in [1.807, 2.05) is 18.2 Å². The smallest absolute Gasteiger partial charge is 0.231 e. The molecular weight excluding hydrogens is 355 g/mol. The van der Waals surface area contributed by atoms with E-state index >= 15 is 0 Å². The number of carbonyl (C=O) groups is 1. The molecule has 0 unspecified atom stereocenters. The van der Waals surface area contributed by atoms with Gasteiger partial charge in [-0.1, -0.05) is 6.07 Å². The predicted octanol–water partition coefficient (Wildman–Crippen LogP) is 4.69. The number of amides is 1. The molecule has 1 fully saturated rings.